The van der Waals surface area contributed by atoms with Gasteiger partial charge in [-0.1, -0.05) is 11.8 Å². The molecule has 0 amide bonds. The van der Waals surface area contributed by atoms with Crippen LogP contribution in [-0.2, 0) is 36.3 Å². The number of H-pyrrole nitrogens is 1. The fraction of sp³-hybridized carbons (Fsp3) is 0.400. The van der Waals surface area contributed by atoms with Crippen LogP contribution in [0.4, 0.5) is 0 Å². The smallest absolute Gasteiger partial charge is 0.490 e. The molecule has 1 aliphatic rings. The number of allylic oxidation sites excluding steroid dienone is 1. The molecule has 0 aromatic carbocycles. The second-order valence-corrected chi connectivity index (χ2v) is 11.0. The second kappa shape index (κ2) is 12.2. The number of rotatable bonds is 10. The zero-order valence-corrected chi connectivity index (χ0v) is 20.5. The topological polar surface area (TPSA) is 283 Å². The zero-order chi connectivity index (χ0) is 27.1. The maximum absolute atomic E-state index is 12.3. The third-order valence-corrected chi connectivity index (χ3v) is 7.80. The minimum Gasteiger partial charge on any atom is -0.494 e. The van der Waals surface area contributed by atoms with E-state index in [0.717, 1.165) is 23.1 Å². The largest absolute Gasteiger partial charge is 0.494 e. The second-order valence-electron chi connectivity index (χ2n) is 6.57. The van der Waals surface area contributed by atoms with E-state index < -0.39 is 59.8 Å². The quantitative estimate of drug-likeness (QED) is 0.0839. The average molecular weight is 572 g/mol. The molecule has 1 aliphatic heterocycles. The Morgan fingerprint density at radius 2 is 1.92 bits per heavy atom. The molecule has 0 aliphatic carbocycles. The van der Waals surface area contributed by atoms with E-state index in [0.29, 0.717) is 0 Å². The molecule has 0 bridgehead atoms. The number of phosphoric acid groups is 3. The van der Waals surface area contributed by atoms with Crippen LogP contribution in [0.1, 0.15) is 18.2 Å². The zero-order valence-electron chi connectivity index (χ0n) is 17.8. The third-order valence-electron chi connectivity index (χ3n) is 4.00. The number of hydrogen-bond acceptors (Lipinski definition) is 12. The van der Waals surface area contributed by atoms with Gasteiger partial charge >= 0.3 is 29.2 Å². The Labute approximate surface area is 201 Å². The van der Waals surface area contributed by atoms with E-state index >= 15 is 0 Å². The van der Waals surface area contributed by atoms with Gasteiger partial charge in [-0.2, -0.15) is 13.9 Å². The molecule has 36 heavy (non-hydrogen) atoms. The summed E-state index contributed by atoms with van der Waals surface area (Å²) in [4.78, 5) is 62.3. The van der Waals surface area contributed by atoms with E-state index in [1.165, 1.54) is 0 Å². The fourth-order valence-corrected chi connectivity index (χ4v) is 5.77. The van der Waals surface area contributed by atoms with Crippen molar-refractivity contribution in [3.8, 4) is 17.9 Å². The van der Waals surface area contributed by atoms with E-state index in [2.05, 4.69) is 25.0 Å². The summed E-state index contributed by atoms with van der Waals surface area (Å²) >= 11 is 0. The number of nitriles is 1. The Hall–Kier alpha value is -2.40. The lowest BCUT2D eigenvalue weighted by Crippen LogP contribution is -2.33. The predicted molar refractivity (Wildman–Crippen MR) is 115 cm³/mol. The van der Waals surface area contributed by atoms with Crippen LogP contribution in [0.25, 0.3) is 0 Å². The summed E-state index contributed by atoms with van der Waals surface area (Å²) in [5, 5.41) is 8.62. The number of phosphoric ester groups is 1. The lowest BCUT2D eigenvalue weighted by molar-refractivity contribution is -0.0471. The van der Waals surface area contributed by atoms with Crippen molar-refractivity contribution >= 4 is 23.5 Å². The first-order valence-corrected chi connectivity index (χ1v) is 13.9. The SMILES string of the molecule is N#C/C=C/O[C@H]1C[C@H](n2cc(C#CCN)c(=O)[nH]c2=O)O[C@@H]1COP(=O)(O)OP(=O)(O)OP(=O)(O)O. The molecule has 1 aromatic heterocycles. The molecule has 0 radical (unpaired) electrons. The third kappa shape index (κ3) is 9.24. The van der Waals surface area contributed by atoms with Crippen molar-refractivity contribution in [2.24, 2.45) is 5.73 Å². The van der Waals surface area contributed by atoms with Crippen LogP contribution in [0.2, 0.25) is 0 Å². The van der Waals surface area contributed by atoms with E-state index in [1.807, 2.05) is 4.98 Å². The number of nitrogens with two attached hydrogens (primary N) is 1. The molecule has 2 heterocycles. The molecular weight excluding hydrogens is 553 g/mol. The van der Waals surface area contributed by atoms with Crippen molar-refractivity contribution in [3.05, 3.63) is 44.9 Å². The average Bonchev–Trinajstić information content (AvgIpc) is 3.12. The summed E-state index contributed by atoms with van der Waals surface area (Å²) in [6.07, 6.45) is -0.605. The van der Waals surface area contributed by atoms with Gasteiger partial charge in [0, 0.05) is 12.6 Å². The predicted octanol–water partition coefficient (Wildman–Crippen LogP) is -1.10. The normalized spacial score (nSPS) is 23.3. The summed E-state index contributed by atoms with van der Waals surface area (Å²) < 4.78 is 57.8. The Morgan fingerprint density at radius 1 is 1.22 bits per heavy atom. The van der Waals surface area contributed by atoms with Crippen LogP contribution in [0.5, 0.6) is 0 Å². The molecule has 1 saturated heterocycles. The molecule has 0 saturated carbocycles. The fourth-order valence-electron chi connectivity index (χ4n) is 2.74. The monoisotopic (exact) mass is 572 g/mol. The minimum atomic E-state index is -5.74. The van der Waals surface area contributed by atoms with Crippen molar-refractivity contribution in [2.45, 2.75) is 24.9 Å². The van der Waals surface area contributed by atoms with Gasteiger partial charge in [0.1, 0.15) is 24.0 Å². The molecule has 18 nitrogen and oxygen atoms in total. The highest BCUT2D eigenvalue weighted by Gasteiger charge is 2.43. The first-order valence-electron chi connectivity index (χ1n) is 9.34. The first kappa shape index (κ1) is 29.8. The van der Waals surface area contributed by atoms with Gasteiger partial charge in [0.2, 0.25) is 0 Å². The van der Waals surface area contributed by atoms with Crippen LogP contribution in [0, 0.1) is 23.2 Å². The number of nitrogens with one attached hydrogen (secondary N) is 1. The van der Waals surface area contributed by atoms with Gasteiger partial charge in [-0.15, -0.1) is 0 Å². The highest BCUT2D eigenvalue weighted by molar-refractivity contribution is 7.66. The van der Waals surface area contributed by atoms with Crippen molar-refractivity contribution in [1.82, 2.24) is 9.55 Å². The van der Waals surface area contributed by atoms with Crippen molar-refractivity contribution in [2.75, 3.05) is 13.2 Å². The standard InChI is InChI=1S/C15H19N4O14P3/c16-4-1-3-10-8-19(15(21)18-14(10)20)13-7-11(29-6-2-5-17)12(31-13)9-30-35(25,26)33-36(27,28)32-34(22,23)24/h2,6,8,11-13H,4,7,9,16H2,(H,25,26)(H,27,28)(H,18,20,21)(H2,22,23,24)/b6-2+/t11-,12+,13+/m0/s1. The summed E-state index contributed by atoms with van der Waals surface area (Å²) in [5.41, 5.74) is 3.46. The van der Waals surface area contributed by atoms with E-state index in [9.17, 15) is 33.1 Å². The minimum absolute atomic E-state index is 0.0672. The van der Waals surface area contributed by atoms with Crippen LogP contribution in [0.3, 0.4) is 0 Å². The van der Waals surface area contributed by atoms with E-state index in [1.54, 1.807) is 6.07 Å². The van der Waals surface area contributed by atoms with Gasteiger partial charge < -0.3 is 34.8 Å². The summed E-state index contributed by atoms with van der Waals surface area (Å²) in [6.45, 7) is -0.953. The molecule has 2 unspecified atom stereocenters. The number of aromatic nitrogens is 2. The van der Waals surface area contributed by atoms with E-state index in [-0.39, 0.29) is 18.5 Å². The Morgan fingerprint density at radius 3 is 2.53 bits per heavy atom. The first-order chi connectivity index (χ1) is 16.7. The molecule has 2 rings (SSSR count). The van der Waals surface area contributed by atoms with Crippen molar-refractivity contribution in [1.29, 1.82) is 5.26 Å². The van der Waals surface area contributed by atoms with Gasteiger partial charge in [-0.25, -0.2) is 18.5 Å². The van der Waals surface area contributed by atoms with Crippen LogP contribution < -0.4 is 17.0 Å². The number of nitrogens with zero attached hydrogens (tertiary/aromatic N) is 2. The molecular formula is C15H19N4O14P3. The van der Waals surface area contributed by atoms with E-state index in [4.69, 9.17) is 30.3 Å². The number of hydrogen-bond donors (Lipinski definition) is 6. The maximum Gasteiger partial charge on any atom is 0.490 e. The molecule has 198 valence electrons. The Kier molecular flexibility index (Phi) is 10.1. The van der Waals surface area contributed by atoms with Crippen LogP contribution in [0.15, 0.2) is 28.1 Å². The maximum atomic E-state index is 12.3. The molecule has 7 N–H and O–H groups in total. The number of ether oxygens (including phenoxy) is 2. The molecule has 5 atom stereocenters. The highest BCUT2D eigenvalue weighted by atomic mass is 31.3. The van der Waals surface area contributed by atoms with Crippen LogP contribution >= 0.6 is 23.5 Å². The van der Waals surface area contributed by atoms with Gasteiger partial charge in [-0.3, -0.25) is 18.9 Å². The van der Waals surface area contributed by atoms with Gasteiger partial charge in [-0.05, 0) is 0 Å². The lowest BCUT2D eigenvalue weighted by atomic mass is 10.2. The van der Waals surface area contributed by atoms with Crippen LogP contribution in [-0.4, -0.2) is 54.5 Å². The molecule has 21 heteroatoms. The molecule has 0 spiro atoms. The van der Waals surface area contributed by atoms with Gasteiger partial charge in [0.15, 0.2) is 0 Å². The Balaban J connectivity index is 2.24. The van der Waals surface area contributed by atoms with Gasteiger partial charge in [0.05, 0.1) is 31.6 Å². The summed E-state index contributed by atoms with van der Waals surface area (Å²) in [5.74, 6) is 4.92. The molecule has 1 fully saturated rings. The highest BCUT2D eigenvalue weighted by Crippen LogP contribution is 2.66. The molecule has 1 aromatic rings. The van der Waals surface area contributed by atoms with Crippen molar-refractivity contribution in [3.63, 3.8) is 0 Å². The summed E-state index contributed by atoms with van der Waals surface area (Å²) in [6, 6.07) is 1.65. The van der Waals surface area contributed by atoms with Gasteiger partial charge in [0.25, 0.3) is 5.56 Å². The van der Waals surface area contributed by atoms with Crippen molar-refractivity contribution < 1.29 is 55.9 Å². The Bertz CT molecular complexity index is 1350. The lowest BCUT2D eigenvalue weighted by Gasteiger charge is -2.20. The number of aromatic amines is 1. The summed E-state index contributed by atoms with van der Waals surface area (Å²) in [7, 11) is -16.8.